The minimum absolute atomic E-state index is 0.545. The number of nitrogens with zero attached hydrogens (tertiary/aromatic N) is 5. The molecule has 2 unspecified atom stereocenters. The fourth-order valence-electron chi connectivity index (χ4n) is 6.32. The van der Waals surface area contributed by atoms with Crippen LogP contribution < -0.4 is 4.90 Å². The topological polar surface area (TPSA) is 35.5 Å². The average Bonchev–Trinajstić information content (AvgIpc) is 3.00. The van der Waals surface area contributed by atoms with E-state index in [9.17, 15) is 0 Å². The first kappa shape index (κ1) is 18.8. The Morgan fingerprint density at radius 1 is 0.857 bits per heavy atom. The predicted molar refractivity (Wildman–Crippen MR) is 114 cm³/mol. The summed E-state index contributed by atoms with van der Waals surface area (Å²) in [7, 11) is 2.26. The molecule has 4 fully saturated rings. The standard InChI is InChI=1S/C23H37N5/c1-17-3-5-19(6-4-17)27-13-10-18(11-14-27)23-24-12-9-22(25-23)28-20-7-8-21(28)16-26(2)15-20/h9,12,17-21H,3-8,10-11,13-16H2,1-2H3/t17-,19-,20?,21?. The number of aromatic nitrogens is 2. The Balaban J connectivity index is 1.23. The number of likely N-dealkylation sites (tertiary alicyclic amines) is 2. The minimum Gasteiger partial charge on any atom is -0.348 e. The number of piperazine rings is 1. The first-order chi connectivity index (χ1) is 13.7. The normalized spacial score (nSPS) is 35.4. The van der Waals surface area contributed by atoms with Crippen molar-refractivity contribution >= 4 is 5.82 Å². The number of rotatable bonds is 3. The summed E-state index contributed by atoms with van der Waals surface area (Å²) in [4.78, 5) is 17.7. The maximum atomic E-state index is 5.11. The minimum atomic E-state index is 0.545. The molecule has 5 rings (SSSR count). The number of piperidine rings is 1. The van der Waals surface area contributed by atoms with E-state index in [1.807, 2.05) is 6.20 Å². The van der Waals surface area contributed by atoms with E-state index in [-0.39, 0.29) is 0 Å². The van der Waals surface area contributed by atoms with Gasteiger partial charge in [0.05, 0.1) is 0 Å². The number of hydrogen-bond donors (Lipinski definition) is 0. The zero-order valence-corrected chi connectivity index (χ0v) is 17.8. The summed E-state index contributed by atoms with van der Waals surface area (Å²) in [6, 6.07) is 4.27. The van der Waals surface area contributed by atoms with Crippen molar-refractivity contribution < 1.29 is 0 Å². The molecule has 0 amide bonds. The Morgan fingerprint density at radius 2 is 1.50 bits per heavy atom. The van der Waals surface area contributed by atoms with Gasteiger partial charge >= 0.3 is 0 Å². The van der Waals surface area contributed by atoms with Gasteiger partial charge in [0.2, 0.25) is 0 Å². The van der Waals surface area contributed by atoms with E-state index >= 15 is 0 Å². The van der Waals surface area contributed by atoms with Crippen LogP contribution in [0.2, 0.25) is 0 Å². The summed E-state index contributed by atoms with van der Waals surface area (Å²) in [5.74, 6) is 3.78. The summed E-state index contributed by atoms with van der Waals surface area (Å²) in [5, 5.41) is 0. The van der Waals surface area contributed by atoms with Crippen molar-refractivity contribution in [3.8, 4) is 0 Å². The van der Waals surface area contributed by atoms with Crippen LogP contribution in [0.4, 0.5) is 5.82 Å². The van der Waals surface area contributed by atoms with Gasteiger partial charge in [0.1, 0.15) is 11.6 Å². The molecular weight excluding hydrogens is 346 g/mol. The van der Waals surface area contributed by atoms with E-state index in [2.05, 4.69) is 34.7 Å². The van der Waals surface area contributed by atoms with Crippen molar-refractivity contribution in [1.29, 1.82) is 0 Å². The molecule has 0 spiro atoms. The second-order valence-corrected chi connectivity index (χ2v) is 10.0. The van der Waals surface area contributed by atoms with Crippen LogP contribution in [0.3, 0.4) is 0 Å². The Kier molecular flexibility index (Phi) is 5.31. The van der Waals surface area contributed by atoms with Gasteiger partial charge in [-0.25, -0.2) is 9.97 Å². The first-order valence-corrected chi connectivity index (χ1v) is 11.7. The third-order valence-corrected chi connectivity index (χ3v) is 7.99. The van der Waals surface area contributed by atoms with Crippen LogP contribution in [0.5, 0.6) is 0 Å². The van der Waals surface area contributed by atoms with Gasteiger partial charge in [0.25, 0.3) is 0 Å². The Labute approximate surface area is 170 Å². The third kappa shape index (κ3) is 3.68. The van der Waals surface area contributed by atoms with E-state index in [0.29, 0.717) is 18.0 Å². The van der Waals surface area contributed by atoms with Crippen molar-refractivity contribution in [3.05, 3.63) is 18.1 Å². The molecule has 4 heterocycles. The Morgan fingerprint density at radius 3 is 2.18 bits per heavy atom. The number of anilines is 1. The molecule has 1 aromatic heterocycles. The third-order valence-electron chi connectivity index (χ3n) is 7.99. The Bertz CT molecular complexity index is 649. The van der Waals surface area contributed by atoms with E-state index in [1.54, 1.807) is 0 Å². The molecule has 28 heavy (non-hydrogen) atoms. The predicted octanol–water partition coefficient (Wildman–Crippen LogP) is 3.52. The van der Waals surface area contributed by atoms with Crippen LogP contribution >= 0.6 is 0 Å². The molecule has 0 radical (unpaired) electrons. The maximum Gasteiger partial charge on any atom is 0.133 e. The van der Waals surface area contributed by atoms with Crippen molar-refractivity contribution in [2.45, 2.75) is 82.3 Å². The lowest BCUT2D eigenvalue weighted by atomic mass is 9.85. The molecule has 2 atom stereocenters. The van der Waals surface area contributed by atoms with Crippen LogP contribution in [0.1, 0.15) is 70.0 Å². The monoisotopic (exact) mass is 383 g/mol. The molecule has 1 aliphatic carbocycles. The molecule has 1 aromatic rings. The van der Waals surface area contributed by atoms with Gasteiger partial charge in [0, 0.05) is 43.3 Å². The van der Waals surface area contributed by atoms with Gasteiger partial charge < -0.3 is 14.7 Å². The molecule has 5 heteroatoms. The zero-order valence-electron chi connectivity index (χ0n) is 17.8. The highest BCUT2D eigenvalue weighted by Crippen LogP contribution is 2.35. The molecule has 2 bridgehead atoms. The summed E-state index contributed by atoms with van der Waals surface area (Å²) < 4.78 is 0. The average molecular weight is 384 g/mol. The summed E-state index contributed by atoms with van der Waals surface area (Å²) in [6.45, 7) is 7.23. The van der Waals surface area contributed by atoms with Crippen LogP contribution in [-0.2, 0) is 0 Å². The molecule has 0 N–H and O–H groups in total. The molecule has 0 aromatic carbocycles. The quantitative estimate of drug-likeness (QED) is 0.798. The fourth-order valence-corrected chi connectivity index (χ4v) is 6.32. The van der Waals surface area contributed by atoms with Gasteiger partial charge in [-0.2, -0.15) is 0 Å². The van der Waals surface area contributed by atoms with Crippen molar-refractivity contribution in [3.63, 3.8) is 0 Å². The molecular formula is C23H37N5. The Hall–Kier alpha value is -1.20. The van der Waals surface area contributed by atoms with Gasteiger partial charge in [-0.3, -0.25) is 0 Å². The second-order valence-electron chi connectivity index (χ2n) is 10.0. The highest BCUT2D eigenvalue weighted by Gasteiger charge is 2.39. The number of likely N-dealkylation sites (N-methyl/N-ethyl adjacent to an activating group) is 1. The van der Waals surface area contributed by atoms with Crippen molar-refractivity contribution in [2.24, 2.45) is 5.92 Å². The van der Waals surface area contributed by atoms with Gasteiger partial charge in [0.15, 0.2) is 0 Å². The molecule has 3 aliphatic heterocycles. The van der Waals surface area contributed by atoms with Crippen molar-refractivity contribution in [2.75, 3.05) is 38.1 Å². The van der Waals surface area contributed by atoms with Crippen LogP contribution in [0.15, 0.2) is 12.3 Å². The molecule has 4 aliphatic rings. The summed E-state index contributed by atoms with van der Waals surface area (Å²) >= 11 is 0. The summed E-state index contributed by atoms with van der Waals surface area (Å²) in [6.07, 6.45) is 12.8. The molecule has 5 nitrogen and oxygen atoms in total. The van der Waals surface area contributed by atoms with Crippen LogP contribution in [0, 0.1) is 5.92 Å². The van der Waals surface area contributed by atoms with E-state index in [4.69, 9.17) is 9.97 Å². The lowest BCUT2D eigenvalue weighted by Crippen LogP contribution is -2.52. The maximum absolute atomic E-state index is 5.11. The zero-order chi connectivity index (χ0) is 19.1. The van der Waals surface area contributed by atoms with Gasteiger partial charge in [-0.1, -0.05) is 6.92 Å². The molecule has 3 saturated heterocycles. The molecule has 1 saturated carbocycles. The van der Waals surface area contributed by atoms with Gasteiger partial charge in [-0.05, 0) is 83.5 Å². The SMILES string of the molecule is CN1CC2CCC(C1)N2c1ccnc(C2CCN([C@H]3CC[C@H](C)CC3)CC2)n1. The largest absolute Gasteiger partial charge is 0.348 e. The van der Waals surface area contributed by atoms with Crippen molar-refractivity contribution in [1.82, 2.24) is 19.8 Å². The number of fused-ring (bicyclic) bond motifs is 2. The van der Waals surface area contributed by atoms with Crippen LogP contribution in [-0.4, -0.2) is 71.1 Å². The van der Waals surface area contributed by atoms with E-state index in [1.165, 1.54) is 83.4 Å². The van der Waals surface area contributed by atoms with E-state index < -0.39 is 0 Å². The summed E-state index contributed by atoms with van der Waals surface area (Å²) in [5.41, 5.74) is 0. The smallest absolute Gasteiger partial charge is 0.133 e. The highest BCUT2D eigenvalue weighted by atomic mass is 15.3. The molecule has 154 valence electrons. The van der Waals surface area contributed by atoms with Gasteiger partial charge in [-0.15, -0.1) is 0 Å². The second kappa shape index (κ2) is 7.91. The highest BCUT2D eigenvalue weighted by molar-refractivity contribution is 5.44. The van der Waals surface area contributed by atoms with Crippen LogP contribution in [0.25, 0.3) is 0 Å². The fraction of sp³-hybridized carbons (Fsp3) is 0.826. The number of hydrogen-bond acceptors (Lipinski definition) is 5. The lowest BCUT2D eigenvalue weighted by molar-refractivity contribution is 0.109. The lowest BCUT2D eigenvalue weighted by Gasteiger charge is -2.41. The van der Waals surface area contributed by atoms with E-state index in [0.717, 1.165) is 17.8 Å². The first-order valence-electron chi connectivity index (χ1n) is 11.7.